The first-order valence-electron chi connectivity index (χ1n) is 12.1. The number of benzene rings is 4. The Balaban J connectivity index is 1.24. The second-order valence-electron chi connectivity index (χ2n) is 8.53. The van der Waals surface area contributed by atoms with Crippen molar-refractivity contribution in [2.45, 2.75) is 6.42 Å². The molecule has 0 saturated heterocycles. The van der Waals surface area contributed by atoms with Gasteiger partial charge in [-0.1, -0.05) is 48.5 Å². The first-order valence-corrected chi connectivity index (χ1v) is 12.1. The molecule has 14 nitrogen and oxygen atoms in total. The van der Waals surface area contributed by atoms with Crippen LogP contribution in [-0.4, -0.2) is 21.9 Å². The first-order chi connectivity index (χ1) is 19.8. The van der Waals surface area contributed by atoms with E-state index in [0.29, 0.717) is 17.8 Å². The van der Waals surface area contributed by atoms with Gasteiger partial charge in [0.1, 0.15) is 11.4 Å². The van der Waals surface area contributed by atoms with Crippen LogP contribution < -0.4 is 32.3 Å². The van der Waals surface area contributed by atoms with E-state index in [1.54, 1.807) is 36.4 Å². The summed E-state index contributed by atoms with van der Waals surface area (Å²) in [6, 6.07) is 25.0. The van der Waals surface area contributed by atoms with E-state index in [9.17, 15) is 29.8 Å². The Labute approximate surface area is 233 Å². The minimum Gasteiger partial charge on any atom is -0.307 e. The van der Waals surface area contributed by atoms with Gasteiger partial charge in [-0.25, -0.2) is 9.59 Å². The highest BCUT2D eigenvalue weighted by molar-refractivity contribution is 5.91. The van der Waals surface area contributed by atoms with Crippen molar-refractivity contribution in [1.82, 2.24) is 10.9 Å². The van der Waals surface area contributed by atoms with Crippen LogP contribution in [0.4, 0.5) is 43.7 Å². The molecular weight excluding hydrogens is 532 g/mol. The normalized spacial score (nSPS) is 10.1. The molecule has 4 aromatic rings. The monoisotopic (exact) mass is 556 g/mol. The summed E-state index contributed by atoms with van der Waals surface area (Å²) in [6.45, 7) is 0. The molecule has 14 heteroatoms. The second kappa shape index (κ2) is 13.1. The predicted molar refractivity (Wildman–Crippen MR) is 153 cm³/mol. The standard InChI is InChI=1S/C27H24N8O6/c36-26(32-30-22-5-1-3-7-24(22)34(38)39)28-20-13-9-18(10-14-20)17-19-11-15-21(16-12-19)29-27(37)33-31-23-6-2-4-8-25(23)35(40)41/h1-16,30-31H,17H2,(H2,28,32,36)(H2,29,33,37). The van der Waals surface area contributed by atoms with E-state index in [4.69, 9.17) is 0 Å². The number of nitro groups is 2. The summed E-state index contributed by atoms with van der Waals surface area (Å²) in [5, 5.41) is 27.4. The molecule has 0 atom stereocenters. The number of anilines is 4. The lowest BCUT2D eigenvalue weighted by Gasteiger charge is -2.11. The fourth-order valence-electron chi connectivity index (χ4n) is 3.70. The average Bonchev–Trinajstić information content (AvgIpc) is 2.97. The van der Waals surface area contributed by atoms with Gasteiger partial charge in [0.2, 0.25) is 0 Å². The molecule has 0 aliphatic carbocycles. The van der Waals surface area contributed by atoms with Gasteiger partial charge in [-0.3, -0.25) is 41.9 Å². The molecule has 0 bridgehead atoms. The van der Waals surface area contributed by atoms with Gasteiger partial charge >= 0.3 is 12.1 Å². The van der Waals surface area contributed by atoms with Gasteiger partial charge in [0.15, 0.2) is 0 Å². The maximum absolute atomic E-state index is 12.2. The van der Waals surface area contributed by atoms with E-state index in [-0.39, 0.29) is 22.7 Å². The molecule has 208 valence electrons. The van der Waals surface area contributed by atoms with Gasteiger partial charge in [0, 0.05) is 23.5 Å². The van der Waals surface area contributed by atoms with Crippen LogP contribution in [0, 0.1) is 20.2 Å². The topological polar surface area (TPSA) is 193 Å². The summed E-state index contributed by atoms with van der Waals surface area (Å²) in [6.07, 6.45) is 0.595. The molecule has 0 aromatic heterocycles. The number of para-hydroxylation sites is 4. The number of carbonyl (C=O) groups excluding carboxylic acids is 2. The zero-order valence-electron chi connectivity index (χ0n) is 21.3. The van der Waals surface area contributed by atoms with Crippen molar-refractivity contribution in [3.63, 3.8) is 0 Å². The van der Waals surface area contributed by atoms with Crippen molar-refractivity contribution < 1.29 is 19.4 Å². The van der Waals surface area contributed by atoms with Crippen molar-refractivity contribution >= 4 is 46.2 Å². The lowest BCUT2D eigenvalue weighted by molar-refractivity contribution is -0.384. The number of nitrogens with zero attached hydrogens (tertiary/aromatic N) is 2. The molecular formula is C27H24N8O6. The van der Waals surface area contributed by atoms with Crippen LogP contribution in [0.15, 0.2) is 97.1 Å². The van der Waals surface area contributed by atoms with Crippen LogP contribution in [0.5, 0.6) is 0 Å². The summed E-state index contributed by atoms with van der Waals surface area (Å²) in [7, 11) is 0. The first kappa shape index (κ1) is 27.8. The Morgan fingerprint density at radius 2 is 0.927 bits per heavy atom. The van der Waals surface area contributed by atoms with Gasteiger partial charge in [0.05, 0.1) is 9.85 Å². The lowest BCUT2D eigenvalue weighted by Crippen LogP contribution is -2.33. The zero-order chi connectivity index (χ0) is 29.2. The van der Waals surface area contributed by atoms with Crippen molar-refractivity contribution in [2.24, 2.45) is 0 Å². The van der Waals surface area contributed by atoms with Crippen LogP contribution in [0.25, 0.3) is 0 Å². The molecule has 4 rings (SSSR count). The highest BCUT2D eigenvalue weighted by atomic mass is 16.6. The van der Waals surface area contributed by atoms with Crippen molar-refractivity contribution in [1.29, 1.82) is 0 Å². The van der Waals surface area contributed by atoms with E-state index >= 15 is 0 Å². The Morgan fingerprint density at radius 3 is 1.29 bits per heavy atom. The van der Waals surface area contributed by atoms with Crippen molar-refractivity contribution in [3.05, 3.63) is 128 Å². The number of urea groups is 2. The quantitative estimate of drug-likeness (QED) is 0.110. The van der Waals surface area contributed by atoms with Crippen LogP contribution in [0.3, 0.4) is 0 Å². The van der Waals surface area contributed by atoms with Crippen LogP contribution in [0.2, 0.25) is 0 Å². The lowest BCUT2D eigenvalue weighted by atomic mass is 10.0. The molecule has 4 aromatic carbocycles. The number of nitrogens with one attached hydrogen (secondary N) is 6. The van der Waals surface area contributed by atoms with Gasteiger partial charge in [-0.2, -0.15) is 0 Å². The summed E-state index contributed by atoms with van der Waals surface area (Å²) in [4.78, 5) is 45.4. The summed E-state index contributed by atoms with van der Waals surface area (Å²) in [5.41, 5.74) is 12.8. The van der Waals surface area contributed by atoms with E-state index in [1.807, 2.05) is 24.3 Å². The van der Waals surface area contributed by atoms with Crippen LogP contribution in [-0.2, 0) is 6.42 Å². The number of hydrogen-bond acceptors (Lipinski definition) is 8. The van der Waals surface area contributed by atoms with Crippen molar-refractivity contribution in [2.75, 3.05) is 21.5 Å². The zero-order valence-corrected chi connectivity index (χ0v) is 21.3. The van der Waals surface area contributed by atoms with E-state index in [1.165, 1.54) is 36.4 Å². The SMILES string of the molecule is O=C(NNc1ccccc1[N+](=O)[O-])Nc1ccc(Cc2ccc(NC(=O)NNc3ccccc3[N+](=O)[O-])cc2)cc1. The largest absolute Gasteiger partial charge is 0.337 e. The van der Waals surface area contributed by atoms with Crippen molar-refractivity contribution in [3.8, 4) is 0 Å². The maximum Gasteiger partial charge on any atom is 0.337 e. The summed E-state index contributed by atoms with van der Waals surface area (Å²) < 4.78 is 0. The smallest absolute Gasteiger partial charge is 0.307 e. The highest BCUT2D eigenvalue weighted by Crippen LogP contribution is 2.23. The maximum atomic E-state index is 12.2. The predicted octanol–water partition coefficient (Wildman–Crippen LogP) is 5.39. The Morgan fingerprint density at radius 1 is 0.561 bits per heavy atom. The molecule has 41 heavy (non-hydrogen) atoms. The van der Waals surface area contributed by atoms with Gasteiger partial charge < -0.3 is 10.6 Å². The van der Waals surface area contributed by atoms with Crippen LogP contribution in [0.1, 0.15) is 11.1 Å². The third-order valence-electron chi connectivity index (χ3n) is 5.65. The summed E-state index contributed by atoms with van der Waals surface area (Å²) in [5.74, 6) is 0. The average molecular weight is 557 g/mol. The van der Waals surface area contributed by atoms with E-state index in [2.05, 4.69) is 32.3 Å². The molecule has 0 aliphatic rings. The molecule has 0 saturated carbocycles. The molecule has 0 heterocycles. The number of nitro benzene ring substituents is 2. The molecule has 0 fully saturated rings. The number of rotatable bonds is 10. The Bertz CT molecular complexity index is 1440. The van der Waals surface area contributed by atoms with Gasteiger partial charge in [0.25, 0.3) is 11.4 Å². The molecule has 6 N–H and O–H groups in total. The molecule has 0 unspecified atom stereocenters. The fourth-order valence-corrected chi connectivity index (χ4v) is 3.70. The molecule has 0 aliphatic heterocycles. The molecule has 0 radical (unpaired) electrons. The number of amides is 4. The third-order valence-corrected chi connectivity index (χ3v) is 5.65. The Kier molecular flexibility index (Phi) is 8.87. The number of carbonyl (C=O) groups is 2. The van der Waals surface area contributed by atoms with E-state index < -0.39 is 21.9 Å². The number of hydrogen-bond donors (Lipinski definition) is 6. The third kappa shape index (κ3) is 7.90. The minimum atomic E-state index is -0.597. The molecule has 4 amide bonds. The van der Waals surface area contributed by atoms with Gasteiger partial charge in [-0.05, 0) is 53.9 Å². The second-order valence-corrected chi connectivity index (χ2v) is 8.53. The molecule has 0 spiro atoms. The van der Waals surface area contributed by atoms with E-state index in [0.717, 1.165) is 11.1 Å². The van der Waals surface area contributed by atoms with Gasteiger partial charge in [-0.15, -0.1) is 0 Å². The highest BCUT2D eigenvalue weighted by Gasteiger charge is 2.14. The number of hydrazine groups is 2. The summed E-state index contributed by atoms with van der Waals surface area (Å²) >= 11 is 0. The fraction of sp³-hybridized carbons (Fsp3) is 0.0370. The Hall–Kier alpha value is -6.18. The minimum absolute atomic E-state index is 0.153. The van der Waals surface area contributed by atoms with Crippen LogP contribution >= 0.6 is 0 Å².